The van der Waals surface area contributed by atoms with E-state index >= 15 is 0 Å². The Bertz CT molecular complexity index is 629. The maximum Gasteiger partial charge on any atom is 0.409 e. The third-order valence-corrected chi connectivity index (χ3v) is 4.06. The van der Waals surface area contributed by atoms with Crippen molar-refractivity contribution < 1.29 is 9.53 Å². The second kappa shape index (κ2) is 6.12. The molecule has 2 aromatic rings. The summed E-state index contributed by atoms with van der Waals surface area (Å²) in [4.78, 5) is 17.2. The lowest BCUT2D eigenvalue weighted by molar-refractivity contribution is 0.111. The average molecular weight is 305 g/mol. The van der Waals surface area contributed by atoms with Gasteiger partial charge >= 0.3 is 6.09 Å². The van der Waals surface area contributed by atoms with Crippen LogP contribution in [0.1, 0.15) is 30.4 Å². The van der Waals surface area contributed by atoms with E-state index in [1.54, 1.807) is 15.9 Å². The topological polar surface area (TPSA) is 91.0 Å². The molecule has 0 unspecified atom stereocenters. The Morgan fingerprint density at radius 1 is 1.36 bits per heavy atom. The van der Waals surface area contributed by atoms with Crippen molar-refractivity contribution in [3.05, 3.63) is 24.3 Å². The van der Waals surface area contributed by atoms with Crippen LogP contribution < -0.4 is 0 Å². The smallest absolute Gasteiger partial charge is 0.409 e. The van der Waals surface area contributed by atoms with Gasteiger partial charge in [-0.3, -0.25) is 0 Å². The van der Waals surface area contributed by atoms with Crippen LogP contribution in [0.4, 0.5) is 4.79 Å². The highest BCUT2D eigenvalue weighted by atomic mass is 16.5. The van der Waals surface area contributed by atoms with Gasteiger partial charge in [-0.2, -0.15) is 5.10 Å². The Morgan fingerprint density at radius 2 is 2.14 bits per heavy atom. The number of ether oxygens (including phenoxy) is 1. The van der Waals surface area contributed by atoms with Crippen LogP contribution in [0.25, 0.3) is 0 Å². The molecule has 3 heterocycles. The van der Waals surface area contributed by atoms with Gasteiger partial charge in [0.2, 0.25) is 0 Å². The Labute approximate surface area is 127 Å². The van der Waals surface area contributed by atoms with E-state index in [0.29, 0.717) is 25.6 Å². The Kier molecular flexibility index (Phi) is 4.03. The van der Waals surface area contributed by atoms with E-state index in [4.69, 9.17) is 4.74 Å². The standard InChI is InChI=1S/C13H19N7O2/c1-18-11(7-20-9-14-8-15-20)16-17-12(18)10-3-5-19(6-4-10)13(21)22-2/h8-10H,3-7H2,1-2H3. The number of carbonyl (C=O) groups excluding carboxylic acids is 1. The maximum atomic E-state index is 11.5. The molecule has 0 aliphatic carbocycles. The fourth-order valence-electron chi connectivity index (χ4n) is 2.78. The van der Waals surface area contributed by atoms with Gasteiger partial charge in [-0.15, -0.1) is 10.2 Å². The summed E-state index contributed by atoms with van der Waals surface area (Å²) in [6.07, 6.45) is 4.63. The first kappa shape index (κ1) is 14.5. The van der Waals surface area contributed by atoms with Crippen LogP contribution >= 0.6 is 0 Å². The molecular formula is C13H19N7O2. The molecule has 0 radical (unpaired) electrons. The van der Waals surface area contributed by atoms with Crippen LogP contribution in [-0.4, -0.2) is 60.7 Å². The lowest BCUT2D eigenvalue weighted by Crippen LogP contribution is -2.38. The lowest BCUT2D eigenvalue weighted by atomic mass is 9.96. The fourth-order valence-corrected chi connectivity index (χ4v) is 2.78. The highest BCUT2D eigenvalue weighted by Crippen LogP contribution is 2.27. The number of carbonyl (C=O) groups is 1. The second-order valence-corrected chi connectivity index (χ2v) is 5.36. The molecular weight excluding hydrogens is 286 g/mol. The van der Waals surface area contributed by atoms with Crippen LogP contribution in [0, 0.1) is 0 Å². The molecule has 0 bridgehead atoms. The predicted octanol–water partition coefficient (Wildman–Crippen LogP) is 0.401. The molecule has 9 heteroatoms. The molecule has 3 rings (SSSR count). The molecule has 0 aromatic carbocycles. The second-order valence-electron chi connectivity index (χ2n) is 5.36. The van der Waals surface area contributed by atoms with E-state index in [9.17, 15) is 4.79 Å². The third-order valence-electron chi connectivity index (χ3n) is 4.06. The van der Waals surface area contributed by atoms with E-state index in [1.165, 1.54) is 13.4 Å². The molecule has 1 fully saturated rings. The number of nitrogens with zero attached hydrogens (tertiary/aromatic N) is 7. The van der Waals surface area contributed by atoms with E-state index < -0.39 is 0 Å². The Morgan fingerprint density at radius 3 is 2.77 bits per heavy atom. The first-order valence-corrected chi connectivity index (χ1v) is 7.22. The summed E-state index contributed by atoms with van der Waals surface area (Å²) in [6, 6.07) is 0. The van der Waals surface area contributed by atoms with Crippen LogP contribution in [0.3, 0.4) is 0 Å². The summed E-state index contributed by atoms with van der Waals surface area (Å²) in [5.41, 5.74) is 0. The zero-order chi connectivity index (χ0) is 15.5. The average Bonchev–Trinajstić information content (AvgIpc) is 3.18. The molecule has 9 nitrogen and oxygen atoms in total. The quantitative estimate of drug-likeness (QED) is 0.815. The van der Waals surface area contributed by atoms with Gasteiger partial charge in [0.05, 0.1) is 7.11 Å². The predicted molar refractivity (Wildman–Crippen MR) is 76.1 cm³/mol. The van der Waals surface area contributed by atoms with E-state index in [1.807, 2.05) is 11.6 Å². The minimum atomic E-state index is -0.261. The van der Waals surface area contributed by atoms with Crippen LogP contribution in [0.2, 0.25) is 0 Å². The van der Waals surface area contributed by atoms with Gasteiger partial charge < -0.3 is 14.2 Å². The van der Waals surface area contributed by atoms with Gasteiger partial charge in [-0.25, -0.2) is 14.5 Å². The zero-order valence-corrected chi connectivity index (χ0v) is 12.7. The largest absolute Gasteiger partial charge is 0.453 e. The van der Waals surface area contributed by atoms with Gasteiger partial charge in [0.25, 0.3) is 0 Å². The summed E-state index contributed by atoms with van der Waals surface area (Å²) in [7, 11) is 3.38. The van der Waals surface area contributed by atoms with E-state index in [-0.39, 0.29) is 6.09 Å². The van der Waals surface area contributed by atoms with Gasteiger partial charge in [0.1, 0.15) is 25.0 Å². The van der Waals surface area contributed by atoms with Crippen molar-refractivity contribution >= 4 is 6.09 Å². The number of methoxy groups -OCH3 is 1. The SMILES string of the molecule is COC(=O)N1CCC(c2nnc(Cn3cncn3)n2C)CC1. The molecule has 1 amide bonds. The van der Waals surface area contributed by atoms with Crippen molar-refractivity contribution in [2.45, 2.75) is 25.3 Å². The summed E-state index contributed by atoms with van der Waals surface area (Å²) in [5.74, 6) is 2.11. The lowest BCUT2D eigenvalue weighted by Gasteiger charge is -2.30. The molecule has 1 aliphatic rings. The summed E-state index contributed by atoms with van der Waals surface area (Å²) in [6.45, 7) is 1.91. The molecule has 118 valence electrons. The Balaban J connectivity index is 1.66. The Hall–Kier alpha value is -2.45. The third kappa shape index (κ3) is 2.78. The molecule has 1 aliphatic heterocycles. The van der Waals surface area contributed by atoms with Crippen LogP contribution in [-0.2, 0) is 18.3 Å². The first-order chi connectivity index (χ1) is 10.7. The summed E-state index contributed by atoms with van der Waals surface area (Å²) in [5, 5.41) is 12.7. The number of aromatic nitrogens is 6. The van der Waals surface area contributed by atoms with Crippen molar-refractivity contribution in [3.8, 4) is 0 Å². The number of rotatable bonds is 3. The molecule has 0 spiro atoms. The van der Waals surface area contributed by atoms with Gasteiger partial charge in [-0.1, -0.05) is 0 Å². The molecule has 2 aromatic heterocycles. The van der Waals surface area contributed by atoms with E-state index in [0.717, 1.165) is 24.5 Å². The number of hydrogen-bond donors (Lipinski definition) is 0. The highest BCUT2D eigenvalue weighted by molar-refractivity contribution is 5.67. The highest BCUT2D eigenvalue weighted by Gasteiger charge is 2.27. The van der Waals surface area contributed by atoms with Crippen LogP contribution in [0.5, 0.6) is 0 Å². The van der Waals surface area contributed by atoms with Crippen LogP contribution in [0.15, 0.2) is 12.7 Å². The maximum absolute atomic E-state index is 11.5. The first-order valence-electron chi connectivity index (χ1n) is 7.22. The van der Waals surface area contributed by atoms with Crippen molar-refractivity contribution in [3.63, 3.8) is 0 Å². The summed E-state index contributed by atoms with van der Waals surface area (Å²) >= 11 is 0. The number of likely N-dealkylation sites (tertiary alicyclic amines) is 1. The van der Waals surface area contributed by atoms with Crippen molar-refractivity contribution in [1.29, 1.82) is 0 Å². The van der Waals surface area contributed by atoms with Crippen molar-refractivity contribution in [2.24, 2.45) is 7.05 Å². The minimum absolute atomic E-state index is 0.261. The molecule has 0 saturated carbocycles. The monoisotopic (exact) mass is 305 g/mol. The van der Waals surface area contributed by atoms with Crippen molar-refractivity contribution in [1.82, 2.24) is 34.4 Å². The van der Waals surface area contributed by atoms with Gasteiger partial charge in [0.15, 0.2) is 5.82 Å². The number of piperidine rings is 1. The molecule has 0 atom stereocenters. The van der Waals surface area contributed by atoms with E-state index in [2.05, 4.69) is 20.3 Å². The van der Waals surface area contributed by atoms with Gasteiger partial charge in [-0.05, 0) is 12.8 Å². The number of hydrogen-bond acceptors (Lipinski definition) is 6. The minimum Gasteiger partial charge on any atom is -0.453 e. The zero-order valence-electron chi connectivity index (χ0n) is 12.7. The van der Waals surface area contributed by atoms with Gasteiger partial charge in [0, 0.05) is 26.1 Å². The van der Waals surface area contributed by atoms with Crippen molar-refractivity contribution in [2.75, 3.05) is 20.2 Å². The normalized spacial score (nSPS) is 16.0. The fraction of sp³-hybridized carbons (Fsp3) is 0.615. The molecule has 0 N–H and O–H groups in total. The molecule has 1 saturated heterocycles. The number of amides is 1. The summed E-state index contributed by atoms with van der Waals surface area (Å²) < 4.78 is 8.49. The molecule has 22 heavy (non-hydrogen) atoms.